The molecule has 200 valence electrons. The number of nitrogens with zero attached hydrogens (tertiary/aromatic N) is 1. The van der Waals surface area contributed by atoms with E-state index in [9.17, 15) is 9.59 Å². The minimum Gasteiger partial charge on any atom is -0.497 e. The Bertz CT molecular complexity index is 1800. The summed E-state index contributed by atoms with van der Waals surface area (Å²) in [5.41, 5.74) is 2.39. The molecule has 1 unspecified atom stereocenters. The van der Waals surface area contributed by atoms with Gasteiger partial charge < -0.3 is 18.6 Å². The number of methoxy groups -OCH3 is 2. The van der Waals surface area contributed by atoms with E-state index in [0.29, 0.717) is 45.5 Å². The molecule has 2 heterocycles. The van der Waals surface area contributed by atoms with Gasteiger partial charge in [-0.1, -0.05) is 54.1 Å². The second-order valence-electron chi connectivity index (χ2n) is 9.28. The van der Waals surface area contributed by atoms with Crippen molar-refractivity contribution in [1.29, 1.82) is 0 Å². The Kier molecular flexibility index (Phi) is 6.66. The predicted molar refractivity (Wildman–Crippen MR) is 153 cm³/mol. The predicted octanol–water partition coefficient (Wildman–Crippen LogP) is 6.79. The Morgan fingerprint density at radius 1 is 0.850 bits per heavy atom. The van der Waals surface area contributed by atoms with Crippen molar-refractivity contribution >= 4 is 34.2 Å². The van der Waals surface area contributed by atoms with E-state index in [1.54, 1.807) is 68.8 Å². The number of fused-ring (bicyclic) bond motifs is 2. The highest BCUT2D eigenvalue weighted by Gasteiger charge is 2.44. The monoisotopic (exact) mass is 553 g/mol. The average molecular weight is 554 g/mol. The molecule has 0 saturated heterocycles. The molecule has 0 fully saturated rings. The minimum absolute atomic E-state index is 0.0176. The van der Waals surface area contributed by atoms with Gasteiger partial charge in [-0.3, -0.25) is 14.5 Å². The van der Waals surface area contributed by atoms with Gasteiger partial charge in [0, 0.05) is 16.8 Å². The van der Waals surface area contributed by atoms with E-state index in [2.05, 4.69) is 0 Å². The van der Waals surface area contributed by atoms with Gasteiger partial charge in [-0.2, -0.15) is 0 Å². The summed E-state index contributed by atoms with van der Waals surface area (Å²) in [7, 11) is 3.10. The zero-order chi connectivity index (χ0) is 27.8. The Morgan fingerprint density at radius 2 is 1.68 bits per heavy atom. The Morgan fingerprint density at radius 3 is 2.45 bits per heavy atom. The first kappa shape index (κ1) is 25.5. The van der Waals surface area contributed by atoms with E-state index in [-0.39, 0.29) is 22.3 Å². The van der Waals surface area contributed by atoms with Crippen molar-refractivity contribution < 1.29 is 23.4 Å². The third-order valence-corrected chi connectivity index (χ3v) is 7.14. The van der Waals surface area contributed by atoms with Crippen molar-refractivity contribution in [1.82, 2.24) is 0 Å². The molecule has 0 N–H and O–H groups in total. The summed E-state index contributed by atoms with van der Waals surface area (Å²) >= 11 is 6.21. The Labute approximate surface area is 235 Å². The molecule has 0 aliphatic carbocycles. The number of ether oxygens (including phenoxy) is 3. The quantitative estimate of drug-likeness (QED) is 0.221. The van der Waals surface area contributed by atoms with Crippen molar-refractivity contribution in [2.45, 2.75) is 12.6 Å². The largest absolute Gasteiger partial charge is 0.497 e. The van der Waals surface area contributed by atoms with Gasteiger partial charge in [0.15, 0.2) is 16.9 Å². The lowest BCUT2D eigenvalue weighted by Crippen LogP contribution is -2.29. The van der Waals surface area contributed by atoms with Crippen LogP contribution in [0.15, 0.2) is 100 Å². The first-order valence-electron chi connectivity index (χ1n) is 12.6. The number of halogens is 1. The highest BCUT2D eigenvalue weighted by Crippen LogP contribution is 2.44. The molecule has 1 aromatic heterocycles. The number of hydrogen-bond acceptors (Lipinski definition) is 6. The van der Waals surface area contributed by atoms with Crippen LogP contribution in [0.1, 0.15) is 33.3 Å². The highest BCUT2D eigenvalue weighted by molar-refractivity contribution is 6.31. The van der Waals surface area contributed by atoms with Crippen LogP contribution < -0.4 is 24.5 Å². The normalized spacial score (nSPS) is 14.3. The first-order valence-corrected chi connectivity index (χ1v) is 12.9. The minimum atomic E-state index is -0.800. The molecule has 4 aromatic carbocycles. The molecule has 0 radical (unpaired) electrons. The smallest absolute Gasteiger partial charge is 0.295 e. The van der Waals surface area contributed by atoms with Crippen LogP contribution in [-0.2, 0) is 6.61 Å². The van der Waals surface area contributed by atoms with Gasteiger partial charge >= 0.3 is 0 Å². The first-order chi connectivity index (χ1) is 19.5. The van der Waals surface area contributed by atoms with Crippen LogP contribution in [0.2, 0.25) is 5.02 Å². The second-order valence-corrected chi connectivity index (χ2v) is 9.71. The third-order valence-electron chi connectivity index (χ3n) is 6.90. The van der Waals surface area contributed by atoms with Crippen LogP contribution in [0.4, 0.5) is 5.69 Å². The van der Waals surface area contributed by atoms with E-state index < -0.39 is 11.9 Å². The molecule has 0 saturated carbocycles. The molecular weight excluding hydrogens is 530 g/mol. The van der Waals surface area contributed by atoms with E-state index in [0.717, 1.165) is 5.56 Å². The summed E-state index contributed by atoms with van der Waals surface area (Å²) in [4.78, 5) is 29.3. The van der Waals surface area contributed by atoms with Crippen molar-refractivity contribution in [3.8, 4) is 17.2 Å². The van der Waals surface area contributed by atoms with E-state index >= 15 is 0 Å². The van der Waals surface area contributed by atoms with Gasteiger partial charge in [0.1, 0.15) is 17.9 Å². The van der Waals surface area contributed by atoms with Crippen molar-refractivity contribution in [3.05, 3.63) is 129 Å². The molecule has 1 aliphatic heterocycles. The number of carbonyl (C=O) groups is 1. The molecule has 7 nitrogen and oxygen atoms in total. The topological polar surface area (TPSA) is 78.2 Å². The molecule has 5 aromatic rings. The lowest BCUT2D eigenvalue weighted by atomic mass is 9.97. The van der Waals surface area contributed by atoms with Crippen LogP contribution in [-0.4, -0.2) is 20.1 Å². The van der Waals surface area contributed by atoms with E-state index in [4.69, 9.17) is 30.2 Å². The van der Waals surface area contributed by atoms with Gasteiger partial charge in [-0.05, 0) is 53.6 Å². The maximum atomic E-state index is 13.9. The van der Waals surface area contributed by atoms with Gasteiger partial charge in [0.05, 0.1) is 31.2 Å². The summed E-state index contributed by atoms with van der Waals surface area (Å²) in [6, 6.07) is 26.2. The fraction of sp³-hybridized carbons (Fsp3) is 0.125. The number of rotatable bonds is 7. The molecular formula is C32H24ClNO6. The van der Waals surface area contributed by atoms with Crippen LogP contribution in [0, 0.1) is 0 Å². The summed E-state index contributed by atoms with van der Waals surface area (Å²) < 4.78 is 23.2. The van der Waals surface area contributed by atoms with Crippen LogP contribution in [0.5, 0.6) is 17.2 Å². The fourth-order valence-corrected chi connectivity index (χ4v) is 5.17. The Hall–Kier alpha value is -4.75. The lowest BCUT2D eigenvalue weighted by Gasteiger charge is -2.26. The standard InChI is InChI=1S/C32H24ClNO6/c1-37-23-10-6-9-22(17-23)34-29(28-30(35)24-16-21(33)12-14-25(24)40-31(28)32(34)36)20-11-13-26(27(15-20)38-2)39-18-19-7-4-3-5-8-19/h3-17,29H,18H2,1-2H3. The zero-order valence-corrected chi connectivity index (χ0v) is 22.5. The third kappa shape index (κ3) is 4.44. The molecule has 1 aliphatic rings. The SMILES string of the molecule is COc1cccc(N2C(=O)c3oc4ccc(Cl)cc4c(=O)c3C2c2ccc(OCc3ccccc3)c(OC)c2)c1. The Balaban J connectivity index is 1.50. The van der Waals surface area contributed by atoms with Crippen LogP contribution in [0.3, 0.4) is 0 Å². The van der Waals surface area contributed by atoms with Crippen molar-refractivity contribution in [2.24, 2.45) is 0 Å². The van der Waals surface area contributed by atoms with Crippen molar-refractivity contribution in [3.63, 3.8) is 0 Å². The summed E-state index contributed by atoms with van der Waals surface area (Å²) in [6.07, 6.45) is 0. The summed E-state index contributed by atoms with van der Waals surface area (Å²) in [5.74, 6) is 1.11. The van der Waals surface area contributed by atoms with Gasteiger partial charge in [0.25, 0.3) is 5.91 Å². The fourth-order valence-electron chi connectivity index (χ4n) is 5.00. The molecule has 8 heteroatoms. The molecule has 0 bridgehead atoms. The van der Waals surface area contributed by atoms with E-state index in [1.165, 1.54) is 4.90 Å². The van der Waals surface area contributed by atoms with Crippen LogP contribution >= 0.6 is 11.6 Å². The lowest BCUT2D eigenvalue weighted by molar-refractivity contribution is 0.0971. The van der Waals surface area contributed by atoms with E-state index in [1.807, 2.05) is 36.4 Å². The molecule has 1 atom stereocenters. The average Bonchev–Trinajstić information content (AvgIpc) is 3.29. The number of anilines is 1. The number of hydrogen-bond donors (Lipinski definition) is 0. The van der Waals surface area contributed by atoms with Crippen molar-refractivity contribution in [2.75, 3.05) is 19.1 Å². The van der Waals surface area contributed by atoms with Gasteiger partial charge in [-0.15, -0.1) is 0 Å². The highest BCUT2D eigenvalue weighted by atomic mass is 35.5. The number of carbonyl (C=O) groups excluding carboxylic acids is 1. The maximum Gasteiger partial charge on any atom is 0.295 e. The molecule has 0 spiro atoms. The zero-order valence-electron chi connectivity index (χ0n) is 21.7. The number of benzene rings is 4. The molecule has 40 heavy (non-hydrogen) atoms. The summed E-state index contributed by atoms with van der Waals surface area (Å²) in [5, 5.41) is 0.693. The second kappa shape index (κ2) is 10.4. The van der Waals surface area contributed by atoms with Gasteiger partial charge in [-0.25, -0.2) is 0 Å². The van der Waals surface area contributed by atoms with Crippen LogP contribution in [0.25, 0.3) is 11.0 Å². The molecule has 6 rings (SSSR count). The molecule has 1 amide bonds. The maximum absolute atomic E-state index is 13.9. The summed E-state index contributed by atoms with van der Waals surface area (Å²) in [6.45, 7) is 0.355. The number of amides is 1. The van der Waals surface area contributed by atoms with Gasteiger partial charge in [0.2, 0.25) is 5.76 Å².